The first-order chi connectivity index (χ1) is 25.0. The van der Waals surface area contributed by atoms with Crippen molar-refractivity contribution in [2.45, 2.75) is 118 Å². The maximum absolute atomic E-state index is 13.3. The molecule has 0 spiro atoms. The number of imidazole rings is 1. The molecule has 2 aliphatic carbocycles. The number of benzene rings is 2. The zero-order valence-electron chi connectivity index (χ0n) is 31.8. The van der Waals surface area contributed by atoms with Crippen LogP contribution in [-0.2, 0) is 18.4 Å². The molecule has 0 radical (unpaired) electrons. The number of nitrogens with zero attached hydrogens (tertiary/aromatic N) is 2. The standard InChI is InChI=1S/C25H28Cl2F2N6O2.C7H11F3.C4H7Cl.C2H6/c1-24(2,3)22(37)31-11-12-5-6-15(26)20(19(12)27)34-23-33-17-7-14(21(30)36)16(8-18(17)35(23)4)32-13-9-25(28,29)10-13;8-7(9,10)6-4-2-1-3-5-6;1-3-4(2)5;1-2/h5-8,13,32H,9-11H2,1-4H3,(H2,30,36)(H,31,37)(H,33,34);6H,1-5H2;2-3H2,1H3;1-2H3. The molecule has 1 aromatic heterocycles. The van der Waals surface area contributed by atoms with E-state index in [0.717, 1.165) is 30.7 Å². The van der Waals surface area contributed by atoms with Gasteiger partial charge in [-0.25, -0.2) is 13.8 Å². The molecule has 5 rings (SSSR count). The van der Waals surface area contributed by atoms with E-state index in [1.54, 1.807) is 29.8 Å². The largest absolute Gasteiger partial charge is 0.391 e. The van der Waals surface area contributed by atoms with Crippen molar-refractivity contribution in [1.82, 2.24) is 14.9 Å². The van der Waals surface area contributed by atoms with Crippen molar-refractivity contribution in [1.29, 1.82) is 0 Å². The van der Waals surface area contributed by atoms with Crippen LogP contribution in [0.25, 0.3) is 11.0 Å². The highest BCUT2D eigenvalue weighted by atomic mass is 35.5. The molecule has 0 saturated heterocycles. The summed E-state index contributed by atoms with van der Waals surface area (Å²) in [5, 5.41) is 10.4. The molecule has 0 unspecified atom stereocenters. The summed E-state index contributed by atoms with van der Waals surface area (Å²) in [5.74, 6) is -4.16. The van der Waals surface area contributed by atoms with Gasteiger partial charge in [-0.3, -0.25) is 9.59 Å². The van der Waals surface area contributed by atoms with Gasteiger partial charge in [-0.15, -0.1) is 0 Å². The molecule has 0 atom stereocenters. The van der Waals surface area contributed by atoms with Crippen LogP contribution in [0, 0.1) is 11.3 Å². The Kier molecular flexibility index (Phi) is 17.4. The second-order valence-corrected chi connectivity index (χ2v) is 15.4. The van der Waals surface area contributed by atoms with Crippen LogP contribution in [0.5, 0.6) is 0 Å². The second-order valence-electron chi connectivity index (χ2n) is 14.1. The van der Waals surface area contributed by atoms with E-state index >= 15 is 0 Å². The van der Waals surface area contributed by atoms with Crippen LogP contribution in [0.15, 0.2) is 35.9 Å². The topological polar surface area (TPSA) is 114 Å². The highest BCUT2D eigenvalue weighted by Gasteiger charge is 2.45. The van der Waals surface area contributed by atoms with Crippen molar-refractivity contribution in [3.05, 3.63) is 57.0 Å². The summed E-state index contributed by atoms with van der Waals surface area (Å²) in [6.45, 7) is 15.1. The number of allylic oxidation sites excluding steroid dienone is 1. The number of anilines is 3. The lowest BCUT2D eigenvalue weighted by Gasteiger charge is -2.36. The van der Waals surface area contributed by atoms with Gasteiger partial charge in [0.15, 0.2) is 0 Å². The van der Waals surface area contributed by atoms with Crippen molar-refractivity contribution in [2.24, 2.45) is 24.1 Å². The molecule has 2 amide bonds. The minimum Gasteiger partial charge on any atom is -0.381 e. The molecule has 54 heavy (non-hydrogen) atoms. The molecular weight excluding hydrogens is 774 g/mol. The number of nitrogens with one attached hydrogen (secondary N) is 3. The number of amides is 2. The zero-order valence-corrected chi connectivity index (χ0v) is 34.1. The fourth-order valence-electron chi connectivity index (χ4n) is 5.49. The van der Waals surface area contributed by atoms with E-state index in [1.807, 2.05) is 41.5 Å². The van der Waals surface area contributed by atoms with Gasteiger partial charge >= 0.3 is 6.18 Å². The average Bonchev–Trinajstić information content (AvgIpc) is 3.39. The van der Waals surface area contributed by atoms with Crippen molar-refractivity contribution < 1.29 is 31.5 Å². The number of nitrogens with two attached hydrogens (primary N) is 1. The summed E-state index contributed by atoms with van der Waals surface area (Å²) in [6.07, 6.45) is -0.494. The van der Waals surface area contributed by atoms with Gasteiger partial charge in [-0.2, -0.15) is 13.2 Å². The van der Waals surface area contributed by atoms with Crippen LogP contribution >= 0.6 is 34.8 Å². The summed E-state index contributed by atoms with van der Waals surface area (Å²) < 4.78 is 64.2. The third-order valence-corrected chi connectivity index (χ3v) is 9.73. The molecule has 302 valence electrons. The Bertz CT molecular complexity index is 1740. The highest BCUT2D eigenvalue weighted by Crippen LogP contribution is 2.41. The van der Waals surface area contributed by atoms with E-state index in [9.17, 15) is 31.5 Å². The summed E-state index contributed by atoms with van der Waals surface area (Å²) in [6, 6.07) is 6.11. The third kappa shape index (κ3) is 13.5. The first kappa shape index (κ1) is 46.9. The van der Waals surface area contributed by atoms with Crippen molar-refractivity contribution >= 4 is 75.0 Å². The van der Waals surface area contributed by atoms with Crippen LogP contribution in [0.2, 0.25) is 10.0 Å². The predicted octanol–water partition coefficient (Wildman–Crippen LogP) is 11.9. The molecule has 5 N–H and O–H groups in total. The quantitative estimate of drug-likeness (QED) is 0.169. The Balaban J connectivity index is 0.000000492. The maximum atomic E-state index is 13.3. The Morgan fingerprint density at radius 3 is 2.09 bits per heavy atom. The monoisotopic (exact) mass is 824 g/mol. The predicted molar refractivity (Wildman–Crippen MR) is 211 cm³/mol. The fraction of sp³-hybridized carbons (Fsp3) is 0.553. The first-order valence-electron chi connectivity index (χ1n) is 17.9. The third-order valence-electron chi connectivity index (χ3n) is 8.72. The Morgan fingerprint density at radius 1 is 1.06 bits per heavy atom. The van der Waals surface area contributed by atoms with Gasteiger partial charge in [0.25, 0.3) is 11.8 Å². The molecule has 1 heterocycles. The number of carbonyl (C=O) groups excluding carboxylic acids is 2. The van der Waals surface area contributed by atoms with Crippen molar-refractivity contribution in [3.63, 3.8) is 0 Å². The van der Waals surface area contributed by atoms with Crippen molar-refractivity contribution in [3.8, 4) is 0 Å². The van der Waals surface area contributed by atoms with Gasteiger partial charge in [0.05, 0.1) is 38.2 Å². The van der Waals surface area contributed by atoms with Crippen LogP contribution < -0.4 is 21.7 Å². The van der Waals surface area contributed by atoms with E-state index in [2.05, 4.69) is 27.5 Å². The lowest BCUT2D eigenvalue weighted by atomic mass is 9.88. The SMILES string of the molecule is C=C(Cl)CC.CC.Cn1c(Nc2c(Cl)ccc(CNC(=O)C(C)(C)C)c2Cl)nc2cc(C(N)=O)c(NC3CC(F)(F)C3)cc21.FC(F)(F)C1CCCCC1. The van der Waals surface area contributed by atoms with Gasteiger partial charge in [-0.05, 0) is 43.0 Å². The number of halogens is 8. The summed E-state index contributed by atoms with van der Waals surface area (Å²) in [5.41, 5.74) is 7.66. The lowest BCUT2D eigenvalue weighted by Crippen LogP contribution is -2.44. The summed E-state index contributed by atoms with van der Waals surface area (Å²) >= 11 is 18.3. The number of rotatable bonds is 8. The van der Waals surface area contributed by atoms with Gasteiger partial charge < -0.3 is 26.3 Å². The van der Waals surface area contributed by atoms with E-state index < -0.39 is 35.4 Å². The smallest absolute Gasteiger partial charge is 0.381 e. The number of fused-ring (bicyclic) bond motifs is 1. The second kappa shape index (κ2) is 20.0. The van der Waals surface area contributed by atoms with Gasteiger partial charge in [-0.1, -0.05) is 108 Å². The molecule has 8 nitrogen and oxygen atoms in total. The Labute approximate surface area is 329 Å². The molecule has 2 saturated carbocycles. The Hall–Kier alpha value is -3.29. The number of hydrogen-bond acceptors (Lipinski definition) is 5. The Morgan fingerprint density at radius 2 is 1.63 bits per heavy atom. The van der Waals surface area contributed by atoms with E-state index in [4.69, 9.17) is 40.5 Å². The minimum atomic E-state index is -3.93. The minimum absolute atomic E-state index is 0.122. The normalized spacial score (nSPS) is 15.6. The number of primary amides is 1. The van der Waals surface area contributed by atoms with E-state index in [0.29, 0.717) is 56.8 Å². The highest BCUT2D eigenvalue weighted by molar-refractivity contribution is 6.39. The van der Waals surface area contributed by atoms with Gasteiger partial charge in [0, 0.05) is 48.6 Å². The number of alkyl halides is 5. The van der Waals surface area contributed by atoms with Crippen molar-refractivity contribution in [2.75, 3.05) is 10.6 Å². The molecule has 3 aromatic rings. The number of hydrogen-bond donors (Lipinski definition) is 4. The molecule has 0 aliphatic heterocycles. The molecule has 2 fully saturated rings. The van der Waals surface area contributed by atoms with E-state index in [1.165, 1.54) is 6.07 Å². The molecule has 2 aromatic carbocycles. The van der Waals surface area contributed by atoms with Crippen LogP contribution in [0.3, 0.4) is 0 Å². The molecular formula is C38H52Cl3F5N6O2. The zero-order chi connectivity index (χ0) is 41.2. The van der Waals surface area contributed by atoms with Gasteiger partial charge in [0.1, 0.15) is 0 Å². The van der Waals surface area contributed by atoms with Crippen LogP contribution in [-0.4, -0.2) is 39.5 Å². The van der Waals surface area contributed by atoms with Crippen LogP contribution in [0.4, 0.5) is 39.3 Å². The number of carbonyl (C=O) groups is 2. The first-order valence-corrected chi connectivity index (χ1v) is 19.0. The molecule has 0 bridgehead atoms. The fourth-order valence-corrected chi connectivity index (χ4v) is 6.02. The summed E-state index contributed by atoms with van der Waals surface area (Å²) in [4.78, 5) is 28.9. The molecule has 16 heteroatoms. The average molecular weight is 826 g/mol. The van der Waals surface area contributed by atoms with Gasteiger partial charge in [0.2, 0.25) is 11.9 Å². The van der Waals surface area contributed by atoms with Crippen LogP contribution in [0.1, 0.15) is 109 Å². The number of aromatic nitrogens is 2. The number of aryl methyl sites for hydroxylation is 1. The lowest BCUT2D eigenvalue weighted by molar-refractivity contribution is -0.181. The summed E-state index contributed by atoms with van der Waals surface area (Å²) in [7, 11) is 1.75. The maximum Gasteiger partial charge on any atom is 0.391 e. The molecule has 2 aliphatic rings. The van der Waals surface area contributed by atoms with E-state index in [-0.39, 0.29) is 30.9 Å².